The van der Waals surface area contributed by atoms with E-state index >= 15 is 0 Å². The Hall–Kier alpha value is -0.830. The lowest BCUT2D eigenvalue weighted by Crippen LogP contribution is -2.46. The van der Waals surface area contributed by atoms with Crippen LogP contribution in [0.25, 0.3) is 0 Å². The van der Waals surface area contributed by atoms with Gasteiger partial charge in [0.25, 0.3) is 0 Å². The van der Waals surface area contributed by atoms with Gasteiger partial charge < -0.3 is 4.90 Å². The predicted molar refractivity (Wildman–Crippen MR) is 85.1 cm³/mol. The first-order valence-electron chi connectivity index (χ1n) is 7.70. The molecule has 2 nitrogen and oxygen atoms in total. The lowest BCUT2D eigenvalue weighted by Gasteiger charge is -2.32. The largest absolute Gasteiger partial charge is 0.338 e. The molecule has 20 heavy (non-hydrogen) atoms. The molecule has 0 N–H and O–H groups in total. The molecule has 0 bridgehead atoms. The van der Waals surface area contributed by atoms with E-state index in [1.807, 2.05) is 18.2 Å². The molecule has 2 aliphatic rings. The van der Waals surface area contributed by atoms with E-state index in [2.05, 4.69) is 33.0 Å². The Bertz CT molecular complexity index is 469. The number of alkyl halides is 1. The highest BCUT2D eigenvalue weighted by molar-refractivity contribution is 9.09. The number of amides is 1. The monoisotopic (exact) mass is 335 g/mol. The van der Waals surface area contributed by atoms with Crippen LogP contribution in [0.4, 0.5) is 0 Å². The van der Waals surface area contributed by atoms with Gasteiger partial charge in [0.15, 0.2) is 0 Å². The number of hydrogen-bond donors (Lipinski definition) is 0. The summed E-state index contributed by atoms with van der Waals surface area (Å²) in [5.41, 5.74) is 1.01. The highest BCUT2D eigenvalue weighted by atomic mass is 79.9. The first-order chi connectivity index (χ1) is 9.78. The van der Waals surface area contributed by atoms with Gasteiger partial charge in [-0.15, -0.1) is 0 Å². The molecule has 2 fully saturated rings. The van der Waals surface area contributed by atoms with Gasteiger partial charge in [0.05, 0.1) is 5.41 Å². The number of benzene rings is 1. The van der Waals surface area contributed by atoms with Gasteiger partial charge in [-0.25, -0.2) is 0 Å². The third-order valence-corrected chi connectivity index (χ3v) is 5.55. The van der Waals surface area contributed by atoms with E-state index < -0.39 is 0 Å². The zero-order chi connectivity index (χ0) is 14.0. The Morgan fingerprint density at radius 2 is 1.95 bits per heavy atom. The molecule has 1 unspecified atom stereocenters. The third kappa shape index (κ3) is 2.52. The summed E-state index contributed by atoms with van der Waals surface area (Å²) in [5.74, 6) is 0.370. The molecule has 1 saturated heterocycles. The minimum absolute atomic E-state index is 0.202. The van der Waals surface area contributed by atoms with Crippen LogP contribution in [-0.2, 0) is 10.2 Å². The second-order valence-electron chi connectivity index (χ2n) is 6.10. The predicted octanol–water partition coefficient (Wildman–Crippen LogP) is 3.88. The topological polar surface area (TPSA) is 20.3 Å². The maximum atomic E-state index is 13.1. The Balaban J connectivity index is 1.84. The van der Waals surface area contributed by atoms with Crippen molar-refractivity contribution in [3.63, 3.8) is 0 Å². The summed E-state index contributed by atoms with van der Waals surface area (Å²) >= 11 is 3.60. The van der Waals surface area contributed by atoms with Gasteiger partial charge in [-0.1, -0.05) is 59.1 Å². The summed E-state index contributed by atoms with van der Waals surface area (Å²) in [6, 6.07) is 10.7. The molecule has 0 radical (unpaired) electrons. The first kappa shape index (κ1) is 14.1. The Morgan fingerprint density at radius 3 is 2.60 bits per heavy atom. The minimum atomic E-state index is -0.202. The lowest BCUT2D eigenvalue weighted by atomic mass is 9.93. The molecule has 1 atom stereocenters. The third-order valence-electron chi connectivity index (χ3n) is 4.80. The molecule has 1 aromatic rings. The van der Waals surface area contributed by atoms with Crippen LogP contribution in [-0.4, -0.2) is 28.7 Å². The average Bonchev–Trinajstić information content (AvgIpc) is 3.32. The zero-order valence-electron chi connectivity index (χ0n) is 11.9. The van der Waals surface area contributed by atoms with Crippen LogP contribution in [0.5, 0.6) is 0 Å². The molecule has 1 amide bonds. The van der Waals surface area contributed by atoms with Gasteiger partial charge in [0.1, 0.15) is 0 Å². The number of rotatable bonds is 3. The highest BCUT2D eigenvalue weighted by Gasteiger charge is 2.53. The Morgan fingerprint density at radius 1 is 1.20 bits per heavy atom. The smallest absolute Gasteiger partial charge is 0.233 e. The summed E-state index contributed by atoms with van der Waals surface area (Å²) < 4.78 is 0. The summed E-state index contributed by atoms with van der Waals surface area (Å²) in [7, 11) is 0. The van der Waals surface area contributed by atoms with Crippen LogP contribution >= 0.6 is 15.9 Å². The fourth-order valence-electron chi connectivity index (χ4n) is 3.39. The molecule has 1 saturated carbocycles. The van der Waals surface area contributed by atoms with Crippen molar-refractivity contribution in [3.05, 3.63) is 35.9 Å². The summed E-state index contributed by atoms with van der Waals surface area (Å²) in [5, 5.41) is 0.906. The van der Waals surface area contributed by atoms with Crippen molar-refractivity contribution >= 4 is 21.8 Å². The number of halogens is 1. The summed E-state index contributed by atoms with van der Waals surface area (Å²) in [6.07, 6.45) is 6.83. The minimum Gasteiger partial charge on any atom is -0.338 e. The highest BCUT2D eigenvalue weighted by Crippen LogP contribution is 2.50. The Labute approximate surface area is 129 Å². The van der Waals surface area contributed by atoms with E-state index in [0.29, 0.717) is 11.9 Å². The van der Waals surface area contributed by atoms with Crippen molar-refractivity contribution in [2.75, 3.05) is 11.9 Å². The maximum absolute atomic E-state index is 13.1. The maximum Gasteiger partial charge on any atom is 0.233 e. The SMILES string of the molecule is O=C(N1CCCCCC1CBr)C1(c2ccccc2)CC1. The zero-order valence-corrected chi connectivity index (χ0v) is 13.4. The summed E-state index contributed by atoms with van der Waals surface area (Å²) in [6.45, 7) is 0.934. The lowest BCUT2D eigenvalue weighted by molar-refractivity contribution is -0.135. The molecular formula is C17H22BrNO. The normalized spacial score (nSPS) is 25.1. The van der Waals surface area contributed by atoms with Crippen LogP contribution < -0.4 is 0 Å². The molecule has 108 valence electrons. The standard InChI is InChI=1S/C17H22BrNO/c18-13-15-9-5-2-6-12-19(15)16(20)17(10-11-17)14-7-3-1-4-8-14/h1,3-4,7-8,15H,2,5-6,9-13H2. The quantitative estimate of drug-likeness (QED) is 0.767. The van der Waals surface area contributed by atoms with E-state index in [-0.39, 0.29) is 5.41 Å². The van der Waals surface area contributed by atoms with Gasteiger partial charge >= 0.3 is 0 Å². The van der Waals surface area contributed by atoms with Crippen LogP contribution in [0, 0.1) is 0 Å². The molecule has 3 heteroatoms. The van der Waals surface area contributed by atoms with Crippen LogP contribution in [0.15, 0.2) is 30.3 Å². The fourth-order valence-corrected chi connectivity index (χ4v) is 4.06. The van der Waals surface area contributed by atoms with Gasteiger partial charge in [-0.3, -0.25) is 4.79 Å². The number of carbonyl (C=O) groups excluding carboxylic acids is 1. The van der Waals surface area contributed by atoms with Crippen LogP contribution in [0.3, 0.4) is 0 Å². The molecule has 1 aliphatic heterocycles. The summed E-state index contributed by atoms with van der Waals surface area (Å²) in [4.78, 5) is 15.3. The molecule has 1 aromatic carbocycles. The molecule has 0 aromatic heterocycles. The number of hydrogen-bond acceptors (Lipinski definition) is 1. The van der Waals surface area contributed by atoms with Crippen molar-refractivity contribution in [2.45, 2.75) is 50.0 Å². The fraction of sp³-hybridized carbons (Fsp3) is 0.588. The van der Waals surface area contributed by atoms with Crippen molar-refractivity contribution in [1.29, 1.82) is 0 Å². The molecular weight excluding hydrogens is 314 g/mol. The van der Waals surface area contributed by atoms with Crippen molar-refractivity contribution < 1.29 is 4.79 Å². The van der Waals surface area contributed by atoms with Gasteiger partial charge in [0.2, 0.25) is 5.91 Å². The van der Waals surface area contributed by atoms with E-state index in [1.165, 1.54) is 18.4 Å². The van der Waals surface area contributed by atoms with Gasteiger partial charge in [0, 0.05) is 17.9 Å². The van der Waals surface area contributed by atoms with Gasteiger partial charge in [-0.2, -0.15) is 0 Å². The van der Waals surface area contributed by atoms with Crippen LogP contribution in [0.2, 0.25) is 0 Å². The van der Waals surface area contributed by atoms with E-state index in [1.54, 1.807) is 0 Å². The van der Waals surface area contributed by atoms with E-state index in [0.717, 1.165) is 37.6 Å². The van der Waals surface area contributed by atoms with Gasteiger partial charge in [-0.05, 0) is 31.2 Å². The van der Waals surface area contributed by atoms with E-state index in [9.17, 15) is 4.79 Å². The van der Waals surface area contributed by atoms with E-state index in [4.69, 9.17) is 0 Å². The van der Waals surface area contributed by atoms with Crippen molar-refractivity contribution in [1.82, 2.24) is 4.90 Å². The molecule has 0 spiro atoms. The number of likely N-dealkylation sites (tertiary alicyclic amines) is 1. The molecule has 1 aliphatic carbocycles. The van der Waals surface area contributed by atoms with Crippen LogP contribution in [0.1, 0.15) is 44.1 Å². The second kappa shape index (κ2) is 5.88. The van der Waals surface area contributed by atoms with Crippen molar-refractivity contribution in [3.8, 4) is 0 Å². The average molecular weight is 336 g/mol. The van der Waals surface area contributed by atoms with Crippen molar-refractivity contribution in [2.24, 2.45) is 0 Å². The molecule has 3 rings (SSSR count). The number of nitrogens with zero attached hydrogens (tertiary/aromatic N) is 1. The second-order valence-corrected chi connectivity index (χ2v) is 6.75. The molecule has 1 heterocycles. The Kier molecular flexibility index (Phi) is 4.16. The first-order valence-corrected chi connectivity index (χ1v) is 8.83. The number of carbonyl (C=O) groups is 1.